The number of hydrogen-bond donors (Lipinski definition) is 1. The maximum atomic E-state index is 12.8. The lowest BCUT2D eigenvalue weighted by molar-refractivity contribution is 0.399. The third kappa shape index (κ3) is 2.56. The number of halogens is 1. The van der Waals surface area contributed by atoms with Gasteiger partial charge < -0.3 is 9.84 Å². The predicted octanol–water partition coefficient (Wildman–Crippen LogP) is 2.73. The monoisotopic (exact) mass is 206 g/mol. The Bertz CT molecular complexity index is 453. The van der Waals surface area contributed by atoms with Crippen molar-refractivity contribution in [2.24, 2.45) is 0 Å². The molecule has 4 heteroatoms. The molecule has 1 aromatic carbocycles. The molecule has 0 aliphatic heterocycles. The molecule has 0 amide bonds. The smallest absolute Gasteiger partial charge is 0.169 e. The molecule has 3 nitrogen and oxygen atoms in total. The first kappa shape index (κ1) is 9.71. The van der Waals surface area contributed by atoms with E-state index in [1.54, 1.807) is 12.1 Å². The fourth-order valence-electron chi connectivity index (χ4n) is 1.29. The SMILES string of the molecule is Cc1cc(NCc2cccc(F)c2)no1. The van der Waals surface area contributed by atoms with Gasteiger partial charge in [0.25, 0.3) is 0 Å². The van der Waals surface area contributed by atoms with Gasteiger partial charge in [-0.25, -0.2) is 4.39 Å². The van der Waals surface area contributed by atoms with E-state index >= 15 is 0 Å². The fraction of sp³-hybridized carbons (Fsp3) is 0.182. The maximum Gasteiger partial charge on any atom is 0.169 e. The van der Waals surface area contributed by atoms with Gasteiger partial charge >= 0.3 is 0 Å². The van der Waals surface area contributed by atoms with E-state index in [4.69, 9.17) is 4.52 Å². The van der Waals surface area contributed by atoms with Crippen molar-refractivity contribution in [1.82, 2.24) is 5.16 Å². The zero-order valence-electron chi connectivity index (χ0n) is 8.33. The average molecular weight is 206 g/mol. The summed E-state index contributed by atoms with van der Waals surface area (Å²) in [6, 6.07) is 8.23. The van der Waals surface area contributed by atoms with Gasteiger partial charge in [-0.2, -0.15) is 0 Å². The summed E-state index contributed by atoms with van der Waals surface area (Å²) >= 11 is 0. The number of benzene rings is 1. The predicted molar refractivity (Wildman–Crippen MR) is 55.0 cm³/mol. The van der Waals surface area contributed by atoms with Crippen LogP contribution in [0.5, 0.6) is 0 Å². The van der Waals surface area contributed by atoms with Crippen LogP contribution < -0.4 is 5.32 Å². The molecular weight excluding hydrogens is 195 g/mol. The summed E-state index contributed by atoms with van der Waals surface area (Å²) in [4.78, 5) is 0. The first-order chi connectivity index (χ1) is 7.24. The Kier molecular flexibility index (Phi) is 2.67. The summed E-state index contributed by atoms with van der Waals surface area (Å²) < 4.78 is 17.7. The van der Waals surface area contributed by atoms with Gasteiger partial charge in [-0.15, -0.1) is 0 Å². The Hall–Kier alpha value is -1.84. The summed E-state index contributed by atoms with van der Waals surface area (Å²) in [6.45, 7) is 2.35. The lowest BCUT2D eigenvalue weighted by Gasteiger charge is -2.01. The molecule has 78 valence electrons. The van der Waals surface area contributed by atoms with Gasteiger partial charge in [-0.1, -0.05) is 17.3 Å². The number of hydrogen-bond acceptors (Lipinski definition) is 3. The van der Waals surface area contributed by atoms with E-state index < -0.39 is 0 Å². The van der Waals surface area contributed by atoms with Crippen molar-refractivity contribution in [2.45, 2.75) is 13.5 Å². The summed E-state index contributed by atoms with van der Waals surface area (Å²) in [5.41, 5.74) is 0.871. The van der Waals surface area contributed by atoms with Crippen LogP contribution in [0.15, 0.2) is 34.9 Å². The standard InChI is InChI=1S/C11H11FN2O/c1-8-5-11(14-15-8)13-7-9-3-2-4-10(12)6-9/h2-6H,7H2,1H3,(H,13,14). The topological polar surface area (TPSA) is 38.1 Å². The van der Waals surface area contributed by atoms with Gasteiger partial charge in [-0.3, -0.25) is 0 Å². The second kappa shape index (κ2) is 4.13. The third-order valence-electron chi connectivity index (χ3n) is 1.99. The van der Waals surface area contributed by atoms with Crippen LogP contribution in [0.2, 0.25) is 0 Å². The summed E-state index contributed by atoms with van der Waals surface area (Å²) in [5, 5.41) is 6.81. The van der Waals surface area contributed by atoms with Crippen molar-refractivity contribution < 1.29 is 8.91 Å². The first-order valence-corrected chi connectivity index (χ1v) is 4.66. The quantitative estimate of drug-likeness (QED) is 0.839. The average Bonchev–Trinajstić information content (AvgIpc) is 2.62. The van der Waals surface area contributed by atoms with E-state index in [0.717, 1.165) is 11.3 Å². The van der Waals surface area contributed by atoms with Crippen molar-refractivity contribution in [3.05, 3.63) is 47.5 Å². The van der Waals surface area contributed by atoms with Gasteiger partial charge in [0.05, 0.1) is 0 Å². The van der Waals surface area contributed by atoms with Crippen molar-refractivity contribution >= 4 is 5.82 Å². The summed E-state index contributed by atoms with van der Waals surface area (Å²) in [7, 11) is 0. The highest BCUT2D eigenvalue weighted by Crippen LogP contribution is 2.10. The molecule has 1 heterocycles. The zero-order chi connectivity index (χ0) is 10.7. The molecule has 2 rings (SSSR count). The van der Waals surface area contributed by atoms with Gasteiger partial charge in [0, 0.05) is 12.6 Å². The fourth-order valence-corrected chi connectivity index (χ4v) is 1.29. The normalized spacial score (nSPS) is 10.3. The lowest BCUT2D eigenvalue weighted by Crippen LogP contribution is -1.99. The van der Waals surface area contributed by atoms with Gasteiger partial charge in [0.15, 0.2) is 5.82 Å². The van der Waals surface area contributed by atoms with Gasteiger partial charge in [-0.05, 0) is 24.6 Å². The van der Waals surface area contributed by atoms with Crippen LogP contribution in [0.3, 0.4) is 0 Å². The molecule has 0 fully saturated rings. The molecule has 0 bridgehead atoms. The Balaban J connectivity index is 1.99. The molecule has 2 aromatic rings. The highest BCUT2D eigenvalue weighted by molar-refractivity contribution is 5.34. The Morgan fingerprint density at radius 1 is 1.40 bits per heavy atom. The van der Waals surface area contributed by atoms with E-state index in [1.165, 1.54) is 12.1 Å². The molecule has 0 spiro atoms. The lowest BCUT2D eigenvalue weighted by atomic mass is 10.2. The molecule has 0 unspecified atom stereocenters. The molecule has 0 saturated carbocycles. The molecule has 0 aliphatic rings. The number of anilines is 1. The van der Waals surface area contributed by atoms with Crippen LogP contribution in [-0.4, -0.2) is 5.16 Å². The molecule has 0 aliphatic carbocycles. The third-order valence-corrected chi connectivity index (χ3v) is 1.99. The highest BCUT2D eigenvalue weighted by Gasteiger charge is 1.99. The van der Waals surface area contributed by atoms with E-state index in [0.29, 0.717) is 12.4 Å². The van der Waals surface area contributed by atoms with Crippen molar-refractivity contribution in [3.63, 3.8) is 0 Å². The number of aromatic nitrogens is 1. The second-order valence-corrected chi connectivity index (χ2v) is 3.31. The van der Waals surface area contributed by atoms with Crippen LogP contribution in [0.1, 0.15) is 11.3 Å². The van der Waals surface area contributed by atoms with Gasteiger partial charge in [0.1, 0.15) is 11.6 Å². The van der Waals surface area contributed by atoms with E-state index in [9.17, 15) is 4.39 Å². The number of aryl methyl sites for hydroxylation is 1. The highest BCUT2D eigenvalue weighted by atomic mass is 19.1. The van der Waals surface area contributed by atoms with Crippen LogP contribution in [0, 0.1) is 12.7 Å². The molecule has 0 saturated heterocycles. The minimum absolute atomic E-state index is 0.231. The van der Waals surface area contributed by atoms with E-state index in [-0.39, 0.29) is 5.82 Å². The Morgan fingerprint density at radius 3 is 2.93 bits per heavy atom. The largest absolute Gasteiger partial charge is 0.363 e. The molecule has 1 aromatic heterocycles. The summed E-state index contributed by atoms with van der Waals surface area (Å²) in [5.74, 6) is 1.18. The van der Waals surface area contributed by atoms with Crippen LogP contribution >= 0.6 is 0 Å². The maximum absolute atomic E-state index is 12.8. The van der Waals surface area contributed by atoms with Crippen LogP contribution in [0.4, 0.5) is 10.2 Å². The number of nitrogens with zero attached hydrogens (tertiary/aromatic N) is 1. The Labute approximate surface area is 86.9 Å². The first-order valence-electron chi connectivity index (χ1n) is 4.66. The number of nitrogens with one attached hydrogen (secondary N) is 1. The van der Waals surface area contributed by atoms with Crippen molar-refractivity contribution in [2.75, 3.05) is 5.32 Å². The van der Waals surface area contributed by atoms with Crippen LogP contribution in [-0.2, 0) is 6.54 Å². The minimum atomic E-state index is -0.231. The van der Waals surface area contributed by atoms with E-state index in [1.807, 2.05) is 13.0 Å². The minimum Gasteiger partial charge on any atom is -0.363 e. The van der Waals surface area contributed by atoms with Crippen molar-refractivity contribution in [1.29, 1.82) is 0 Å². The Morgan fingerprint density at radius 2 is 2.27 bits per heavy atom. The second-order valence-electron chi connectivity index (χ2n) is 3.31. The summed E-state index contributed by atoms with van der Waals surface area (Å²) in [6.07, 6.45) is 0. The molecule has 15 heavy (non-hydrogen) atoms. The van der Waals surface area contributed by atoms with Crippen LogP contribution in [0.25, 0.3) is 0 Å². The zero-order valence-corrected chi connectivity index (χ0v) is 8.33. The molecule has 0 atom stereocenters. The molecular formula is C11H11FN2O. The molecule has 1 N–H and O–H groups in total. The number of rotatable bonds is 3. The van der Waals surface area contributed by atoms with Gasteiger partial charge in [0.2, 0.25) is 0 Å². The molecule has 0 radical (unpaired) electrons. The van der Waals surface area contributed by atoms with Crippen molar-refractivity contribution in [3.8, 4) is 0 Å². The van der Waals surface area contributed by atoms with E-state index in [2.05, 4.69) is 10.5 Å².